The number of benzene rings is 1. The number of carbonyl (C=O) groups excluding carboxylic acids is 1. The number of H-pyrrole nitrogens is 1. The molecular weight excluding hydrogens is 364 g/mol. The summed E-state index contributed by atoms with van der Waals surface area (Å²) >= 11 is 0. The first-order chi connectivity index (χ1) is 13.3. The van der Waals surface area contributed by atoms with Gasteiger partial charge in [-0.15, -0.1) is 0 Å². The van der Waals surface area contributed by atoms with Crippen LogP contribution in [0.25, 0.3) is 10.9 Å². The van der Waals surface area contributed by atoms with Crippen LogP contribution in [0.2, 0.25) is 0 Å². The summed E-state index contributed by atoms with van der Waals surface area (Å²) in [5, 5.41) is 11.4. The summed E-state index contributed by atoms with van der Waals surface area (Å²) in [6.45, 7) is 6.35. The summed E-state index contributed by atoms with van der Waals surface area (Å²) in [5.74, 6) is -0.221. The van der Waals surface area contributed by atoms with E-state index in [1.807, 2.05) is 26.8 Å². The molecule has 148 valence electrons. The third kappa shape index (κ3) is 5.29. The summed E-state index contributed by atoms with van der Waals surface area (Å²) in [7, 11) is 0. The van der Waals surface area contributed by atoms with Gasteiger partial charge in [-0.3, -0.25) is 19.7 Å². The number of aromatic amines is 1. The number of allylic oxidation sites excluding steroid dienone is 3. The molecule has 0 aliphatic rings. The summed E-state index contributed by atoms with van der Waals surface area (Å²) in [6.07, 6.45) is 5.81. The molecule has 0 saturated heterocycles. The molecule has 1 N–H and O–H groups in total. The Kier molecular flexibility index (Phi) is 7.08. The molecule has 0 saturated carbocycles. The van der Waals surface area contributed by atoms with Crippen LogP contribution in [0.3, 0.4) is 0 Å². The molecule has 0 radical (unpaired) electrons. The van der Waals surface area contributed by atoms with Crippen molar-refractivity contribution in [1.29, 1.82) is 0 Å². The Bertz CT molecular complexity index is 1000. The molecule has 0 atom stereocenters. The topological polar surface area (TPSA) is 112 Å². The first-order valence-corrected chi connectivity index (χ1v) is 8.70. The fraction of sp³-hybridized carbons (Fsp3) is 0.300. The van der Waals surface area contributed by atoms with E-state index in [0.717, 1.165) is 18.4 Å². The van der Waals surface area contributed by atoms with Gasteiger partial charge in [-0.1, -0.05) is 17.2 Å². The van der Waals surface area contributed by atoms with E-state index in [0.29, 0.717) is 5.39 Å². The van der Waals surface area contributed by atoms with Crippen molar-refractivity contribution in [2.24, 2.45) is 0 Å². The summed E-state index contributed by atoms with van der Waals surface area (Å²) in [4.78, 5) is 35.9. The van der Waals surface area contributed by atoms with Gasteiger partial charge in [0.25, 0.3) is 17.7 Å². The van der Waals surface area contributed by atoms with E-state index < -0.39 is 10.5 Å². The molecule has 8 nitrogen and oxygen atoms in total. The standard InChI is InChI=1S/C20H22N2O6/c1-13(2)5-4-6-14(3)9-10-27-18-16-8-7-15(22(25)26)11-17(16)21-20(24)19(18)28-12-23/h5,7-9,11-12H,4,6,10H2,1-3H3,(H,21,24). The first kappa shape index (κ1) is 20.9. The number of hydrogen-bond acceptors (Lipinski definition) is 6. The van der Waals surface area contributed by atoms with Crippen LogP contribution < -0.4 is 15.0 Å². The van der Waals surface area contributed by atoms with Crippen LogP contribution in [0.5, 0.6) is 11.5 Å². The number of nitro benzene ring substituents is 1. The second-order valence-corrected chi connectivity index (χ2v) is 6.50. The average molecular weight is 386 g/mol. The van der Waals surface area contributed by atoms with Crippen molar-refractivity contribution in [3.8, 4) is 11.5 Å². The smallest absolute Gasteiger partial charge is 0.298 e. The maximum Gasteiger partial charge on any atom is 0.298 e. The number of rotatable bonds is 9. The molecule has 1 aromatic heterocycles. The highest BCUT2D eigenvalue weighted by atomic mass is 16.6. The Morgan fingerprint density at radius 3 is 2.61 bits per heavy atom. The van der Waals surface area contributed by atoms with Crippen molar-refractivity contribution in [2.75, 3.05) is 6.61 Å². The zero-order chi connectivity index (χ0) is 20.7. The largest absolute Gasteiger partial charge is 0.485 e. The fourth-order valence-corrected chi connectivity index (χ4v) is 2.61. The van der Waals surface area contributed by atoms with Gasteiger partial charge in [0.15, 0.2) is 5.75 Å². The van der Waals surface area contributed by atoms with Gasteiger partial charge in [-0.2, -0.15) is 0 Å². The number of aromatic nitrogens is 1. The first-order valence-electron chi connectivity index (χ1n) is 8.70. The predicted octanol–water partition coefficient (Wildman–Crippen LogP) is 4.04. The molecule has 1 aromatic carbocycles. The molecule has 8 heteroatoms. The van der Waals surface area contributed by atoms with Crippen LogP contribution in [0.1, 0.15) is 33.6 Å². The molecule has 1 heterocycles. The van der Waals surface area contributed by atoms with E-state index in [9.17, 15) is 19.7 Å². The number of nitrogens with one attached hydrogen (secondary N) is 1. The molecule has 0 spiro atoms. The number of hydrogen-bond donors (Lipinski definition) is 1. The Hall–Kier alpha value is -3.42. The van der Waals surface area contributed by atoms with Gasteiger partial charge in [-0.05, 0) is 45.8 Å². The second-order valence-electron chi connectivity index (χ2n) is 6.50. The van der Waals surface area contributed by atoms with Crippen LogP contribution in [0.4, 0.5) is 5.69 Å². The van der Waals surface area contributed by atoms with Gasteiger partial charge in [0, 0.05) is 17.5 Å². The molecule has 28 heavy (non-hydrogen) atoms. The molecule has 0 fully saturated rings. The van der Waals surface area contributed by atoms with Gasteiger partial charge < -0.3 is 14.5 Å². The van der Waals surface area contributed by atoms with Crippen molar-refractivity contribution in [3.05, 3.63) is 62.0 Å². The lowest BCUT2D eigenvalue weighted by molar-refractivity contribution is -0.384. The van der Waals surface area contributed by atoms with E-state index >= 15 is 0 Å². The quantitative estimate of drug-likeness (QED) is 0.301. The van der Waals surface area contributed by atoms with E-state index in [4.69, 9.17) is 9.47 Å². The summed E-state index contributed by atoms with van der Waals surface area (Å²) in [6, 6.07) is 3.97. The third-order valence-electron chi connectivity index (χ3n) is 4.04. The molecule has 0 amide bonds. The van der Waals surface area contributed by atoms with Crippen LogP contribution >= 0.6 is 0 Å². The number of nitro groups is 1. The van der Waals surface area contributed by atoms with E-state index in [2.05, 4.69) is 11.1 Å². The van der Waals surface area contributed by atoms with E-state index in [1.165, 1.54) is 23.8 Å². The maximum absolute atomic E-state index is 12.2. The highest BCUT2D eigenvalue weighted by molar-refractivity contribution is 5.89. The van der Waals surface area contributed by atoms with Gasteiger partial charge in [0.1, 0.15) is 6.61 Å². The summed E-state index contributed by atoms with van der Waals surface area (Å²) in [5.41, 5.74) is 1.70. The van der Waals surface area contributed by atoms with Gasteiger partial charge in [0.2, 0.25) is 5.75 Å². The summed E-state index contributed by atoms with van der Waals surface area (Å²) < 4.78 is 10.5. The zero-order valence-corrected chi connectivity index (χ0v) is 16.0. The van der Waals surface area contributed by atoms with Crippen LogP contribution in [-0.2, 0) is 4.79 Å². The fourth-order valence-electron chi connectivity index (χ4n) is 2.61. The number of pyridine rings is 1. The Labute approximate surface area is 161 Å². The number of nitrogens with zero attached hydrogens (tertiary/aromatic N) is 1. The molecule has 0 aliphatic carbocycles. The van der Waals surface area contributed by atoms with Crippen LogP contribution in [0, 0.1) is 10.1 Å². The molecule has 0 bridgehead atoms. The minimum atomic E-state index is -0.709. The van der Waals surface area contributed by atoms with Crippen molar-refractivity contribution in [1.82, 2.24) is 4.98 Å². The van der Waals surface area contributed by atoms with Crippen molar-refractivity contribution in [3.63, 3.8) is 0 Å². The van der Waals surface area contributed by atoms with E-state index in [-0.39, 0.29) is 35.8 Å². The maximum atomic E-state index is 12.2. The molecule has 2 rings (SSSR count). The van der Waals surface area contributed by atoms with Crippen LogP contribution in [0.15, 0.2) is 46.3 Å². The second kappa shape index (κ2) is 9.50. The average Bonchev–Trinajstić information content (AvgIpc) is 2.63. The number of ether oxygens (including phenoxy) is 2. The highest BCUT2D eigenvalue weighted by Gasteiger charge is 2.18. The normalized spacial score (nSPS) is 11.2. The molecule has 0 aliphatic heterocycles. The lowest BCUT2D eigenvalue weighted by Gasteiger charge is -2.11. The lowest BCUT2D eigenvalue weighted by atomic mass is 10.1. The highest BCUT2D eigenvalue weighted by Crippen LogP contribution is 2.33. The van der Waals surface area contributed by atoms with Gasteiger partial charge >= 0.3 is 0 Å². The van der Waals surface area contributed by atoms with Crippen molar-refractivity contribution < 1.29 is 19.2 Å². The molecule has 2 aromatic rings. The number of carbonyl (C=O) groups is 1. The molecular formula is C20H22N2O6. The monoisotopic (exact) mass is 386 g/mol. The zero-order valence-electron chi connectivity index (χ0n) is 16.0. The Balaban J connectivity index is 2.33. The number of non-ortho nitro benzene ring substituents is 1. The predicted molar refractivity (Wildman–Crippen MR) is 106 cm³/mol. The minimum Gasteiger partial charge on any atom is -0.485 e. The Morgan fingerprint density at radius 1 is 1.21 bits per heavy atom. The lowest BCUT2D eigenvalue weighted by Crippen LogP contribution is -2.13. The van der Waals surface area contributed by atoms with E-state index in [1.54, 1.807) is 0 Å². The molecule has 0 unspecified atom stereocenters. The van der Waals surface area contributed by atoms with Crippen molar-refractivity contribution >= 4 is 23.1 Å². The van der Waals surface area contributed by atoms with Crippen LogP contribution in [-0.4, -0.2) is 23.0 Å². The van der Waals surface area contributed by atoms with Crippen molar-refractivity contribution in [2.45, 2.75) is 33.6 Å². The van der Waals surface area contributed by atoms with Gasteiger partial charge in [-0.25, -0.2) is 0 Å². The Morgan fingerprint density at radius 2 is 1.96 bits per heavy atom. The van der Waals surface area contributed by atoms with Gasteiger partial charge in [0.05, 0.1) is 10.4 Å². The third-order valence-corrected chi connectivity index (χ3v) is 4.04. The SMILES string of the molecule is CC(C)=CCCC(C)=CCOc1c(OC=O)c(=O)[nH]c2cc([N+](=O)[O-])ccc12. The minimum absolute atomic E-state index is 0.0640. The number of fused-ring (bicyclic) bond motifs is 1.